The first kappa shape index (κ1) is 22.0. The van der Waals surface area contributed by atoms with E-state index in [2.05, 4.69) is 10.3 Å². The molecular weight excluding hydrogens is 448 g/mol. The van der Waals surface area contributed by atoms with Crippen LogP contribution in [0.2, 0.25) is 0 Å². The monoisotopic (exact) mass is 472 g/mol. The van der Waals surface area contributed by atoms with E-state index >= 15 is 0 Å². The Balaban J connectivity index is 1.28. The minimum atomic E-state index is -0.269. The van der Waals surface area contributed by atoms with Crippen LogP contribution in [0.25, 0.3) is 21.3 Å². The van der Waals surface area contributed by atoms with Crippen LogP contribution in [0, 0.1) is 6.92 Å². The molecule has 0 unspecified atom stereocenters. The number of fused-ring (bicyclic) bond motifs is 1. The maximum absolute atomic E-state index is 13.2. The van der Waals surface area contributed by atoms with Crippen molar-refractivity contribution in [3.8, 4) is 11.1 Å². The molecule has 7 nitrogen and oxygen atoms in total. The Hall–Kier alpha value is -3.78. The van der Waals surface area contributed by atoms with Crippen LogP contribution in [-0.4, -0.2) is 27.9 Å². The summed E-state index contributed by atoms with van der Waals surface area (Å²) in [5.41, 5.74) is 4.51. The molecule has 5 rings (SSSR count). The van der Waals surface area contributed by atoms with Gasteiger partial charge in [0.1, 0.15) is 11.4 Å². The number of aryl methyl sites for hydroxylation is 1. The highest BCUT2D eigenvalue weighted by atomic mass is 32.1. The van der Waals surface area contributed by atoms with E-state index in [1.54, 1.807) is 4.90 Å². The van der Waals surface area contributed by atoms with Gasteiger partial charge < -0.3 is 10.2 Å². The van der Waals surface area contributed by atoms with E-state index in [0.717, 1.165) is 40.9 Å². The lowest BCUT2D eigenvalue weighted by atomic mass is 10.1. The number of rotatable bonds is 6. The summed E-state index contributed by atoms with van der Waals surface area (Å²) in [5, 5.41) is 5.34. The Morgan fingerprint density at radius 3 is 2.56 bits per heavy atom. The summed E-state index contributed by atoms with van der Waals surface area (Å²) < 4.78 is 1.35. The summed E-state index contributed by atoms with van der Waals surface area (Å²) in [7, 11) is 0. The first-order valence-electron chi connectivity index (χ1n) is 11.2. The van der Waals surface area contributed by atoms with Gasteiger partial charge in [-0.2, -0.15) is 0 Å². The average molecular weight is 473 g/mol. The lowest BCUT2D eigenvalue weighted by Crippen LogP contribution is -2.32. The minimum absolute atomic E-state index is 0.106. The molecule has 2 amide bonds. The van der Waals surface area contributed by atoms with Crippen LogP contribution >= 0.6 is 11.3 Å². The minimum Gasteiger partial charge on any atom is -0.350 e. The zero-order chi connectivity index (χ0) is 23.7. The van der Waals surface area contributed by atoms with Crippen LogP contribution < -0.4 is 15.8 Å². The quantitative estimate of drug-likeness (QED) is 0.462. The van der Waals surface area contributed by atoms with Crippen LogP contribution in [0.5, 0.6) is 0 Å². The molecule has 0 saturated carbocycles. The van der Waals surface area contributed by atoms with Gasteiger partial charge in [0, 0.05) is 36.1 Å². The molecule has 1 aliphatic rings. The Labute approximate surface area is 200 Å². The van der Waals surface area contributed by atoms with Gasteiger partial charge in [0.05, 0.1) is 11.7 Å². The third-order valence-electron chi connectivity index (χ3n) is 6.05. The lowest BCUT2D eigenvalue weighted by molar-refractivity contribution is -0.122. The number of hydrogen-bond acceptors (Lipinski definition) is 5. The Bertz CT molecular complexity index is 1420. The molecule has 1 saturated heterocycles. The van der Waals surface area contributed by atoms with Crippen LogP contribution in [0.4, 0.5) is 5.69 Å². The summed E-state index contributed by atoms with van der Waals surface area (Å²) in [6.07, 6.45) is 2.91. The fraction of sp³-hybridized carbons (Fsp3) is 0.231. The second-order valence-corrected chi connectivity index (χ2v) is 9.32. The smallest absolute Gasteiger partial charge is 0.263 e. The van der Waals surface area contributed by atoms with Gasteiger partial charge >= 0.3 is 0 Å². The third kappa shape index (κ3) is 4.36. The summed E-state index contributed by atoms with van der Waals surface area (Å²) in [5.74, 6) is -0.123. The first-order valence-corrected chi connectivity index (χ1v) is 12.1. The number of benzene rings is 2. The van der Waals surface area contributed by atoms with Crippen molar-refractivity contribution in [1.29, 1.82) is 0 Å². The van der Waals surface area contributed by atoms with Crippen LogP contribution in [0.15, 0.2) is 65.0 Å². The van der Waals surface area contributed by atoms with Gasteiger partial charge in [-0.3, -0.25) is 19.0 Å². The van der Waals surface area contributed by atoms with Crippen LogP contribution in [0.1, 0.15) is 24.0 Å². The van der Waals surface area contributed by atoms with Gasteiger partial charge in [-0.1, -0.05) is 42.0 Å². The van der Waals surface area contributed by atoms with E-state index in [1.165, 1.54) is 22.2 Å². The molecule has 0 aliphatic carbocycles. The number of amides is 2. The number of anilines is 1. The van der Waals surface area contributed by atoms with Gasteiger partial charge in [-0.25, -0.2) is 4.98 Å². The van der Waals surface area contributed by atoms with Gasteiger partial charge in [0.15, 0.2) is 0 Å². The van der Waals surface area contributed by atoms with Crippen molar-refractivity contribution < 1.29 is 9.59 Å². The second-order valence-electron chi connectivity index (χ2n) is 8.47. The molecule has 3 heterocycles. The van der Waals surface area contributed by atoms with Crippen LogP contribution in [-0.2, 0) is 22.7 Å². The summed E-state index contributed by atoms with van der Waals surface area (Å²) in [6, 6.07) is 15.6. The predicted octanol–water partition coefficient (Wildman–Crippen LogP) is 3.88. The zero-order valence-corrected chi connectivity index (χ0v) is 19.6. The third-order valence-corrected chi connectivity index (χ3v) is 6.93. The molecule has 0 radical (unpaired) electrons. The van der Waals surface area contributed by atoms with Crippen molar-refractivity contribution in [2.24, 2.45) is 0 Å². The highest BCUT2D eigenvalue weighted by Gasteiger charge is 2.21. The van der Waals surface area contributed by atoms with Crippen molar-refractivity contribution in [2.75, 3.05) is 11.4 Å². The van der Waals surface area contributed by atoms with Crippen molar-refractivity contribution >= 4 is 39.1 Å². The fourth-order valence-corrected chi connectivity index (χ4v) is 5.06. The van der Waals surface area contributed by atoms with Crippen LogP contribution in [0.3, 0.4) is 0 Å². The normalized spacial score (nSPS) is 13.6. The van der Waals surface area contributed by atoms with Gasteiger partial charge in [0.2, 0.25) is 11.8 Å². The molecule has 4 aromatic rings. The topological polar surface area (TPSA) is 84.3 Å². The van der Waals surface area contributed by atoms with Crippen molar-refractivity contribution in [3.63, 3.8) is 0 Å². The molecular formula is C26H24N4O3S. The molecule has 1 aliphatic heterocycles. The Morgan fingerprint density at radius 1 is 1.09 bits per heavy atom. The molecule has 1 N–H and O–H groups in total. The number of aromatic nitrogens is 2. The van der Waals surface area contributed by atoms with E-state index in [0.29, 0.717) is 23.2 Å². The van der Waals surface area contributed by atoms with E-state index in [1.807, 2.05) is 60.8 Å². The number of nitrogens with one attached hydrogen (secondary N) is 1. The lowest BCUT2D eigenvalue weighted by Gasteiger charge is -2.16. The maximum atomic E-state index is 13.2. The SMILES string of the molecule is Cc1ccc(-c2csc3ncn(CC(=O)NCc4ccc(N5CCCC5=O)cc4)c(=O)c23)cc1. The highest BCUT2D eigenvalue weighted by molar-refractivity contribution is 7.17. The van der Waals surface area contributed by atoms with E-state index in [4.69, 9.17) is 0 Å². The Morgan fingerprint density at radius 2 is 1.85 bits per heavy atom. The number of carbonyl (C=O) groups excluding carboxylic acids is 2. The molecule has 1 fully saturated rings. The fourth-order valence-electron chi connectivity index (χ4n) is 4.15. The number of thiophene rings is 1. The molecule has 8 heteroatoms. The van der Waals surface area contributed by atoms with Gasteiger partial charge in [-0.05, 0) is 36.6 Å². The predicted molar refractivity (Wildman–Crippen MR) is 134 cm³/mol. The second kappa shape index (κ2) is 9.23. The average Bonchev–Trinajstić information content (AvgIpc) is 3.47. The molecule has 0 atom stereocenters. The van der Waals surface area contributed by atoms with Gasteiger partial charge in [-0.15, -0.1) is 11.3 Å². The molecule has 34 heavy (non-hydrogen) atoms. The van der Waals surface area contributed by atoms with Gasteiger partial charge in [0.25, 0.3) is 5.56 Å². The molecule has 2 aromatic heterocycles. The van der Waals surface area contributed by atoms with E-state index < -0.39 is 0 Å². The largest absolute Gasteiger partial charge is 0.350 e. The van der Waals surface area contributed by atoms with E-state index in [-0.39, 0.29) is 23.9 Å². The van der Waals surface area contributed by atoms with Crippen molar-refractivity contribution in [3.05, 3.63) is 81.7 Å². The number of hydrogen-bond donors (Lipinski definition) is 1. The molecule has 172 valence electrons. The summed E-state index contributed by atoms with van der Waals surface area (Å²) in [4.78, 5) is 44.5. The highest BCUT2D eigenvalue weighted by Crippen LogP contribution is 2.30. The summed E-state index contributed by atoms with van der Waals surface area (Å²) in [6.45, 7) is 3.00. The van der Waals surface area contributed by atoms with E-state index in [9.17, 15) is 14.4 Å². The Kier molecular flexibility index (Phi) is 5.98. The number of nitrogens with zero attached hydrogens (tertiary/aromatic N) is 3. The standard InChI is InChI=1S/C26H24N4O3S/c1-17-4-8-19(9-5-17)21-15-34-25-24(21)26(33)29(16-28-25)14-22(31)27-13-18-6-10-20(11-7-18)30-12-2-3-23(30)32/h4-11,15-16H,2-3,12-14H2,1H3,(H,27,31). The first-order chi connectivity index (χ1) is 16.5. The maximum Gasteiger partial charge on any atom is 0.263 e. The van der Waals surface area contributed by atoms with Crippen molar-refractivity contribution in [2.45, 2.75) is 32.9 Å². The molecule has 0 bridgehead atoms. The summed E-state index contributed by atoms with van der Waals surface area (Å²) >= 11 is 1.42. The molecule has 2 aromatic carbocycles. The molecule has 0 spiro atoms. The zero-order valence-electron chi connectivity index (χ0n) is 18.8. The van der Waals surface area contributed by atoms with Crippen molar-refractivity contribution in [1.82, 2.24) is 14.9 Å². The number of carbonyl (C=O) groups is 2.